The first-order valence-corrected chi connectivity index (χ1v) is 11.9. The summed E-state index contributed by atoms with van der Waals surface area (Å²) in [6, 6.07) is 8.43. The first kappa shape index (κ1) is 24.3. The highest BCUT2D eigenvalue weighted by atomic mass is 16.4. The van der Waals surface area contributed by atoms with Gasteiger partial charge in [-0.1, -0.05) is 31.0 Å². The molecule has 0 radical (unpaired) electrons. The Labute approximate surface area is 203 Å². The average Bonchev–Trinajstić information content (AvgIpc) is 3.56. The fourth-order valence-corrected chi connectivity index (χ4v) is 5.04. The summed E-state index contributed by atoms with van der Waals surface area (Å²) in [6.45, 7) is 4.41. The fourth-order valence-electron chi connectivity index (χ4n) is 5.04. The Kier molecular flexibility index (Phi) is 7.33. The minimum Gasteiger partial charge on any atom is -0.478 e. The largest absolute Gasteiger partial charge is 0.478 e. The number of nitrogens with one attached hydrogen (secondary N) is 1. The van der Waals surface area contributed by atoms with Crippen molar-refractivity contribution in [3.63, 3.8) is 0 Å². The van der Waals surface area contributed by atoms with Gasteiger partial charge >= 0.3 is 11.9 Å². The molecule has 1 aromatic carbocycles. The normalized spacial score (nSPS) is 15.9. The number of carbonyl (C=O) groups is 3. The van der Waals surface area contributed by atoms with Crippen molar-refractivity contribution in [1.29, 1.82) is 0 Å². The van der Waals surface area contributed by atoms with E-state index in [1.807, 2.05) is 17.9 Å². The molecule has 3 aromatic rings. The monoisotopic (exact) mass is 478 g/mol. The smallest absolute Gasteiger partial charge is 0.328 e. The van der Waals surface area contributed by atoms with Crippen molar-refractivity contribution in [2.75, 3.05) is 6.54 Å². The molecule has 1 aliphatic heterocycles. The predicted molar refractivity (Wildman–Crippen MR) is 130 cm³/mol. The van der Waals surface area contributed by atoms with Crippen molar-refractivity contribution in [2.24, 2.45) is 5.92 Å². The number of hydrogen-bond donors (Lipinski definition) is 3. The average molecular weight is 479 g/mol. The molecule has 9 heteroatoms. The van der Waals surface area contributed by atoms with Gasteiger partial charge in [0.1, 0.15) is 0 Å². The van der Waals surface area contributed by atoms with Gasteiger partial charge in [-0.3, -0.25) is 4.79 Å². The van der Waals surface area contributed by atoms with Crippen LogP contribution in [-0.4, -0.2) is 54.0 Å². The van der Waals surface area contributed by atoms with Gasteiger partial charge in [0.2, 0.25) is 0 Å². The number of fused-ring (bicyclic) bond motifs is 3. The highest BCUT2D eigenvalue weighted by Crippen LogP contribution is 2.34. The lowest BCUT2D eigenvalue weighted by Gasteiger charge is -2.28. The van der Waals surface area contributed by atoms with Crippen LogP contribution in [0.1, 0.15) is 53.1 Å². The standard InChI is InChI=1S/C22H26N4O.C4H4O4/c1-15-18(24-14-23-15)13-25-11-10-20-21(22(25)27)17-8-4-5-9-19(17)26(20)12-16-6-2-3-7-16;5-3(6)1-2-4(7)8/h4-5,8-9,14,16H,2-3,6-7,10-13H2,1H3,(H,23,24);1-2H,(H,5,6)(H,7,8). The molecule has 1 aliphatic carbocycles. The van der Waals surface area contributed by atoms with Crippen molar-refractivity contribution in [3.05, 3.63) is 65.4 Å². The number of carbonyl (C=O) groups excluding carboxylic acids is 1. The van der Waals surface area contributed by atoms with Crippen molar-refractivity contribution in [1.82, 2.24) is 19.4 Å². The van der Waals surface area contributed by atoms with Gasteiger partial charge in [0.05, 0.1) is 24.1 Å². The van der Waals surface area contributed by atoms with Crippen LogP contribution in [0.15, 0.2) is 42.7 Å². The topological polar surface area (TPSA) is 129 Å². The second-order valence-corrected chi connectivity index (χ2v) is 9.06. The number of imidazole rings is 1. The Morgan fingerprint density at radius 2 is 1.83 bits per heavy atom. The minimum absolute atomic E-state index is 0.153. The SMILES string of the molecule is Cc1[nH]cnc1CN1CCc2c(c3ccccc3n2CC2CCCC2)C1=O.O=C(O)C=CC(=O)O. The molecule has 2 aromatic heterocycles. The zero-order chi connectivity index (χ0) is 24.9. The molecule has 1 amide bonds. The highest BCUT2D eigenvalue weighted by molar-refractivity contribution is 6.09. The second-order valence-electron chi connectivity index (χ2n) is 9.06. The van der Waals surface area contributed by atoms with E-state index < -0.39 is 11.9 Å². The third-order valence-corrected chi connectivity index (χ3v) is 6.76. The molecule has 35 heavy (non-hydrogen) atoms. The number of aryl methyl sites for hydroxylation is 1. The van der Waals surface area contributed by atoms with Crippen LogP contribution in [0.5, 0.6) is 0 Å². The number of aliphatic carboxylic acids is 2. The van der Waals surface area contributed by atoms with Crippen LogP contribution < -0.4 is 0 Å². The van der Waals surface area contributed by atoms with E-state index in [1.165, 1.54) is 36.9 Å². The molecule has 0 saturated heterocycles. The number of carboxylic acids is 2. The van der Waals surface area contributed by atoms with E-state index in [0.717, 1.165) is 47.8 Å². The molecule has 0 spiro atoms. The molecule has 3 heterocycles. The van der Waals surface area contributed by atoms with E-state index in [2.05, 4.69) is 32.7 Å². The molecule has 1 saturated carbocycles. The number of benzene rings is 1. The Balaban J connectivity index is 0.000000314. The van der Waals surface area contributed by atoms with Gasteiger partial charge in [-0.2, -0.15) is 0 Å². The molecule has 3 N–H and O–H groups in total. The maximum Gasteiger partial charge on any atom is 0.328 e. The third kappa shape index (κ3) is 5.45. The summed E-state index contributed by atoms with van der Waals surface area (Å²) in [5.41, 5.74) is 5.38. The van der Waals surface area contributed by atoms with Crippen molar-refractivity contribution in [2.45, 2.75) is 52.1 Å². The number of hydrogen-bond acceptors (Lipinski definition) is 4. The molecular weight excluding hydrogens is 448 g/mol. The molecular formula is C26H30N4O5. The number of rotatable bonds is 6. The van der Waals surface area contributed by atoms with Crippen LogP contribution in [0.2, 0.25) is 0 Å². The highest BCUT2D eigenvalue weighted by Gasteiger charge is 2.32. The summed E-state index contributed by atoms with van der Waals surface area (Å²) in [5, 5.41) is 16.7. The first-order chi connectivity index (χ1) is 16.8. The summed E-state index contributed by atoms with van der Waals surface area (Å²) in [5.74, 6) is -1.61. The van der Waals surface area contributed by atoms with Gasteiger partial charge in [-0.15, -0.1) is 0 Å². The van der Waals surface area contributed by atoms with Crippen LogP contribution in [0.3, 0.4) is 0 Å². The van der Waals surface area contributed by atoms with Gasteiger partial charge in [0.25, 0.3) is 5.91 Å². The molecule has 0 unspecified atom stereocenters. The minimum atomic E-state index is -1.26. The van der Waals surface area contributed by atoms with Gasteiger partial charge in [-0.05, 0) is 31.7 Å². The second kappa shape index (κ2) is 10.6. The lowest BCUT2D eigenvalue weighted by Crippen LogP contribution is -2.37. The van der Waals surface area contributed by atoms with E-state index in [-0.39, 0.29) is 5.91 Å². The van der Waals surface area contributed by atoms with E-state index in [1.54, 1.807) is 6.33 Å². The van der Waals surface area contributed by atoms with E-state index in [0.29, 0.717) is 18.7 Å². The molecule has 9 nitrogen and oxygen atoms in total. The van der Waals surface area contributed by atoms with E-state index in [9.17, 15) is 14.4 Å². The van der Waals surface area contributed by atoms with Crippen LogP contribution in [-0.2, 0) is 29.1 Å². The summed E-state index contributed by atoms with van der Waals surface area (Å²) in [6.07, 6.45) is 9.08. The molecule has 0 atom stereocenters. The van der Waals surface area contributed by atoms with Gasteiger partial charge in [0.15, 0.2) is 0 Å². The number of nitrogens with zero attached hydrogens (tertiary/aromatic N) is 3. The number of aromatic amines is 1. The Hall–Kier alpha value is -3.88. The van der Waals surface area contributed by atoms with Crippen molar-refractivity contribution >= 4 is 28.7 Å². The molecule has 1 fully saturated rings. The zero-order valence-electron chi connectivity index (χ0n) is 19.7. The van der Waals surface area contributed by atoms with Crippen LogP contribution in [0, 0.1) is 12.8 Å². The van der Waals surface area contributed by atoms with Gasteiger partial charge in [-0.25, -0.2) is 14.6 Å². The Morgan fingerprint density at radius 3 is 2.46 bits per heavy atom. The van der Waals surface area contributed by atoms with Crippen LogP contribution in [0.4, 0.5) is 0 Å². The number of amides is 1. The van der Waals surface area contributed by atoms with Gasteiger partial charge in [0, 0.05) is 54.0 Å². The summed E-state index contributed by atoms with van der Waals surface area (Å²) in [4.78, 5) is 42.0. The maximum absolute atomic E-state index is 13.4. The van der Waals surface area contributed by atoms with E-state index >= 15 is 0 Å². The number of aromatic nitrogens is 3. The number of H-pyrrole nitrogens is 1. The summed E-state index contributed by atoms with van der Waals surface area (Å²) >= 11 is 0. The number of carboxylic acid groups (broad SMARTS) is 2. The van der Waals surface area contributed by atoms with Crippen molar-refractivity contribution < 1.29 is 24.6 Å². The van der Waals surface area contributed by atoms with E-state index in [4.69, 9.17) is 10.2 Å². The lowest BCUT2D eigenvalue weighted by atomic mass is 10.0. The summed E-state index contributed by atoms with van der Waals surface area (Å²) < 4.78 is 2.45. The fraction of sp³-hybridized carbons (Fsp3) is 0.385. The van der Waals surface area contributed by atoms with Crippen molar-refractivity contribution in [3.8, 4) is 0 Å². The van der Waals surface area contributed by atoms with Gasteiger partial charge < -0.3 is 24.7 Å². The first-order valence-electron chi connectivity index (χ1n) is 11.9. The van der Waals surface area contributed by atoms with Crippen LogP contribution >= 0.6 is 0 Å². The molecule has 184 valence electrons. The lowest BCUT2D eigenvalue weighted by molar-refractivity contribution is -0.134. The Bertz CT molecular complexity index is 1250. The summed E-state index contributed by atoms with van der Waals surface area (Å²) in [7, 11) is 0. The predicted octanol–water partition coefficient (Wildman–Crippen LogP) is 3.77. The third-order valence-electron chi connectivity index (χ3n) is 6.76. The molecule has 2 aliphatic rings. The van der Waals surface area contributed by atoms with Crippen LogP contribution in [0.25, 0.3) is 10.9 Å². The molecule has 5 rings (SSSR count). The maximum atomic E-state index is 13.4. The zero-order valence-corrected chi connectivity index (χ0v) is 19.7. The quantitative estimate of drug-likeness (QED) is 0.463. The Morgan fingerprint density at radius 1 is 1.14 bits per heavy atom. The molecule has 0 bridgehead atoms. The number of para-hydroxylation sites is 1.